The van der Waals surface area contributed by atoms with E-state index in [0.717, 1.165) is 16.7 Å². The van der Waals surface area contributed by atoms with Crippen molar-refractivity contribution in [2.24, 2.45) is 0 Å². The highest BCUT2D eigenvalue weighted by atomic mass is 32.2. The molecule has 0 saturated carbocycles. The smallest absolute Gasteiger partial charge is 0.243 e. The van der Waals surface area contributed by atoms with Gasteiger partial charge in [0.1, 0.15) is 0 Å². The molecule has 0 spiro atoms. The summed E-state index contributed by atoms with van der Waals surface area (Å²) in [6.45, 7) is 12.2. The number of aromatic nitrogens is 2. The predicted octanol–water partition coefficient (Wildman–Crippen LogP) is 2.90. The maximum absolute atomic E-state index is 13.3. The minimum Gasteiger partial charge on any atom is -0.338 e. The number of benzene rings is 1. The SMILES string of the molecule is Cc1cc(C(C)(C)C)cc(C)c1S(=O)(=O)N1CCN(c2ncccn2)CC1. The van der Waals surface area contributed by atoms with Gasteiger partial charge in [-0.25, -0.2) is 18.4 Å². The number of hydrogen-bond donors (Lipinski definition) is 0. The molecule has 0 N–H and O–H groups in total. The van der Waals surface area contributed by atoms with E-state index in [1.54, 1.807) is 22.8 Å². The van der Waals surface area contributed by atoms with Crippen LogP contribution in [-0.4, -0.2) is 48.9 Å². The van der Waals surface area contributed by atoms with Gasteiger partial charge < -0.3 is 4.90 Å². The van der Waals surface area contributed by atoms with Crippen molar-refractivity contribution in [3.05, 3.63) is 47.3 Å². The van der Waals surface area contributed by atoms with E-state index >= 15 is 0 Å². The molecule has 0 atom stereocenters. The minimum absolute atomic E-state index is 0.0148. The fourth-order valence-corrected chi connectivity index (χ4v) is 5.34. The van der Waals surface area contributed by atoms with Crippen molar-refractivity contribution < 1.29 is 8.42 Å². The second-order valence-corrected chi connectivity index (χ2v) is 10.0. The molecule has 7 heteroatoms. The molecule has 1 aliphatic heterocycles. The summed E-state index contributed by atoms with van der Waals surface area (Å²) in [5.74, 6) is 0.649. The molecule has 1 aromatic heterocycles. The van der Waals surface area contributed by atoms with Crippen LogP contribution in [0.4, 0.5) is 5.95 Å². The van der Waals surface area contributed by atoms with Gasteiger partial charge in [0.2, 0.25) is 16.0 Å². The van der Waals surface area contributed by atoms with Crippen molar-refractivity contribution in [3.8, 4) is 0 Å². The van der Waals surface area contributed by atoms with Crippen LogP contribution in [0.25, 0.3) is 0 Å². The summed E-state index contributed by atoms with van der Waals surface area (Å²) in [7, 11) is -3.53. The molecule has 2 heterocycles. The van der Waals surface area contributed by atoms with Crippen LogP contribution >= 0.6 is 0 Å². The van der Waals surface area contributed by atoms with Gasteiger partial charge in [-0.15, -0.1) is 0 Å². The van der Waals surface area contributed by atoms with E-state index in [9.17, 15) is 8.42 Å². The molecule has 6 nitrogen and oxygen atoms in total. The van der Waals surface area contributed by atoms with E-state index in [4.69, 9.17) is 0 Å². The Morgan fingerprint density at radius 3 is 1.93 bits per heavy atom. The van der Waals surface area contributed by atoms with Gasteiger partial charge >= 0.3 is 0 Å². The number of rotatable bonds is 3. The number of anilines is 1. The summed E-state index contributed by atoms with van der Waals surface area (Å²) in [4.78, 5) is 11.0. The summed E-state index contributed by atoms with van der Waals surface area (Å²) in [5.41, 5.74) is 2.77. The molecule has 146 valence electrons. The maximum Gasteiger partial charge on any atom is 0.243 e. The van der Waals surface area contributed by atoms with E-state index in [0.29, 0.717) is 37.0 Å². The Morgan fingerprint density at radius 2 is 1.44 bits per heavy atom. The lowest BCUT2D eigenvalue weighted by Crippen LogP contribution is -2.49. The molecule has 27 heavy (non-hydrogen) atoms. The topological polar surface area (TPSA) is 66.4 Å². The van der Waals surface area contributed by atoms with Gasteiger partial charge in [0.15, 0.2) is 0 Å². The number of piperazine rings is 1. The summed E-state index contributed by atoms with van der Waals surface area (Å²) in [6.07, 6.45) is 3.41. The Bertz CT molecular complexity index is 890. The molecule has 2 aromatic rings. The molecule has 0 amide bonds. The fraction of sp³-hybridized carbons (Fsp3) is 0.500. The molecular formula is C20H28N4O2S. The van der Waals surface area contributed by atoms with E-state index in [1.807, 2.05) is 30.9 Å². The monoisotopic (exact) mass is 388 g/mol. The summed E-state index contributed by atoms with van der Waals surface area (Å²) < 4.78 is 28.2. The first kappa shape index (κ1) is 19.8. The zero-order valence-corrected chi connectivity index (χ0v) is 17.5. The van der Waals surface area contributed by atoms with Gasteiger partial charge in [-0.1, -0.05) is 32.9 Å². The molecule has 1 aliphatic rings. The van der Waals surface area contributed by atoms with Gasteiger partial charge in [-0.3, -0.25) is 0 Å². The summed E-state index contributed by atoms with van der Waals surface area (Å²) in [6, 6.07) is 5.79. The van der Waals surface area contributed by atoms with Crippen molar-refractivity contribution in [1.82, 2.24) is 14.3 Å². The standard InChI is InChI=1S/C20H28N4O2S/c1-15-13-17(20(3,4)5)14-16(2)18(15)27(25,26)24-11-9-23(10-12-24)19-21-7-6-8-22-19/h6-8,13-14H,9-12H2,1-5H3. The Balaban J connectivity index is 1.84. The Labute approximate surface area is 162 Å². The lowest BCUT2D eigenvalue weighted by Gasteiger charge is -2.34. The van der Waals surface area contributed by atoms with E-state index in [1.165, 1.54) is 0 Å². The van der Waals surface area contributed by atoms with Gasteiger partial charge in [0.05, 0.1) is 4.90 Å². The van der Waals surface area contributed by atoms with Crippen LogP contribution in [0.5, 0.6) is 0 Å². The number of nitrogens with zero attached hydrogens (tertiary/aromatic N) is 4. The van der Waals surface area contributed by atoms with Crippen LogP contribution in [0.3, 0.4) is 0 Å². The largest absolute Gasteiger partial charge is 0.338 e. The predicted molar refractivity (Wildman–Crippen MR) is 108 cm³/mol. The van der Waals surface area contributed by atoms with Gasteiger partial charge in [0, 0.05) is 38.6 Å². The molecule has 1 aromatic carbocycles. The van der Waals surface area contributed by atoms with Crippen LogP contribution in [0.2, 0.25) is 0 Å². The van der Waals surface area contributed by atoms with Crippen molar-refractivity contribution >= 4 is 16.0 Å². The van der Waals surface area contributed by atoms with Gasteiger partial charge in [-0.05, 0) is 42.0 Å². The fourth-order valence-electron chi connectivity index (χ4n) is 3.50. The highest BCUT2D eigenvalue weighted by Crippen LogP contribution is 2.31. The molecule has 0 bridgehead atoms. The van der Waals surface area contributed by atoms with Gasteiger partial charge in [-0.2, -0.15) is 4.31 Å². The molecule has 3 rings (SSSR count). The molecular weight excluding hydrogens is 360 g/mol. The third-order valence-electron chi connectivity index (χ3n) is 5.00. The summed E-state index contributed by atoms with van der Waals surface area (Å²) >= 11 is 0. The Kier molecular flexibility index (Phi) is 5.27. The van der Waals surface area contributed by atoms with Crippen LogP contribution in [0, 0.1) is 13.8 Å². The molecule has 1 saturated heterocycles. The maximum atomic E-state index is 13.3. The first-order chi connectivity index (χ1) is 12.6. The highest BCUT2D eigenvalue weighted by molar-refractivity contribution is 7.89. The van der Waals surface area contributed by atoms with Crippen LogP contribution in [0.15, 0.2) is 35.5 Å². The van der Waals surface area contributed by atoms with Crippen molar-refractivity contribution in [2.45, 2.75) is 44.9 Å². The zero-order valence-electron chi connectivity index (χ0n) is 16.7. The third-order valence-corrected chi connectivity index (χ3v) is 7.20. The quantitative estimate of drug-likeness (QED) is 0.809. The minimum atomic E-state index is -3.53. The zero-order chi connectivity index (χ0) is 19.8. The first-order valence-electron chi connectivity index (χ1n) is 9.24. The van der Waals surface area contributed by atoms with Crippen LogP contribution in [-0.2, 0) is 15.4 Å². The number of sulfonamides is 1. The molecule has 0 radical (unpaired) electrons. The van der Waals surface area contributed by atoms with Crippen molar-refractivity contribution in [1.29, 1.82) is 0 Å². The van der Waals surface area contributed by atoms with E-state index in [2.05, 4.69) is 30.7 Å². The Hall–Kier alpha value is -1.99. The summed E-state index contributed by atoms with van der Waals surface area (Å²) in [5, 5.41) is 0. The average Bonchev–Trinajstić information content (AvgIpc) is 2.61. The normalized spacial score (nSPS) is 16.6. The van der Waals surface area contributed by atoms with Crippen molar-refractivity contribution in [3.63, 3.8) is 0 Å². The third kappa shape index (κ3) is 3.99. The van der Waals surface area contributed by atoms with Crippen molar-refractivity contribution in [2.75, 3.05) is 31.1 Å². The lowest BCUT2D eigenvalue weighted by atomic mass is 9.85. The molecule has 1 fully saturated rings. The van der Waals surface area contributed by atoms with Crippen LogP contribution < -0.4 is 4.90 Å². The van der Waals surface area contributed by atoms with Gasteiger partial charge in [0.25, 0.3) is 0 Å². The average molecular weight is 389 g/mol. The number of aryl methyl sites for hydroxylation is 2. The van der Waals surface area contributed by atoms with Crippen LogP contribution in [0.1, 0.15) is 37.5 Å². The van der Waals surface area contributed by atoms with E-state index < -0.39 is 10.0 Å². The first-order valence-corrected chi connectivity index (χ1v) is 10.7. The number of hydrogen-bond acceptors (Lipinski definition) is 5. The lowest BCUT2D eigenvalue weighted by molar-refractivity contribution is 0.382. The van der Waals surface area contributed by atoms with E-state index in [-0.39, 0.29) is 5.41 Å². The molecule has 0 aliphatic carbocycles. The Morgan fingerprint density at radius 1 is 0.926 bits per heavy atom. The second-order valence-electron chi connectivity index (χ2n) is 8.13. The second kappa shape index (κ2) is 7.20. The molecule has 0 unspecified atom stereocenters. The highest BCUT2D eigenvalue weighted by Gasteiger charge is 2.32.